The van der Waals surface area contributed by atoms with Gasteiger partial charge in [0.25, 0.3) is 5.91 Å². The van der Waals surface area contributed by atoms with E-state index in [0.29, 0.717) is 29.0 Å². The molecule has 6 nitrogen and oxygen atoms in total. The Labute approximate surface area is 140 Å². The van der Waals surface area contributed by atoms with Crippen molar-refractivity contribution in [2.45, 2.75) is 6.42 Å². The number of para-hydroxylation sites is 1. The zero-order chi connectivity index (χ0) is 15.8. The van der Waals surface area contributed by atoms with Crippen molar-refractivity contribution in [3.63, 3.8) is 0 Å². The number of aromatic nitrogens is 3. The summed E-state index contributed by atoms with van der Waals surface area (Å²) in [6.07, 6.45) is 2.31. The predicted molar refractivity (Wildman–Crippen MR) is 88.1 cm³/mol. The zero-order valence-corrected chi connectivity index (χ0v) is 13.5. The molecule has 0 atom stereocenters. The smallest absolute Gasteiger partial charge is 0.277 e. The molecule has 0 bridgehead atoms. The zero-order valence-electron chi connectivity index (χ0n) is 11.9. The van der Waals surface area contributed by atoms with Crippen molar-refractivity contribution in [3.05, 3.63) is 58.5 Å². The standard InChI is InChI=1S/C16H11BrN4O2/c17-16-19-14-9-10(5-7-21(14)20-16)15(22)18-12-6-8-23-13-4-2-1-3-11(12)13/h1-5,7,9H,6,8H2. The summed E-state index contributed by atoms with van der Waals surface area (Å²) in [5, 5.41) is 4.12. The fourth-order valence-electron chi connectivity index (χ4n) is 2.51. The third-order valence-corrected chi connectivity index (χ3v) is 3.93. The van der Waals surface area contributed by atoms with Gasteiger partial charge in [0.15, 0.2) is 5.65 Å². The number of fused-ring (bicyclic) bond motifs is 2. The molecule has 3 heterocycles. The molecule has 2 aromatic heterocycles. The van der Waals surface area contributed by atoms with Gasteiger partial charge in [0, 0.05) is 23.7 Å². The van der Waals surface area contributed by atoms with E-state index in [1.165, 1.54) is 0 Å². The summed E-state index contributed by atoms with van der Waals surface area (Å²) in [7, 11) is 0. The molecule has 7 heteroatoms. The Morgan fingerprint density at radius 1 is 1.30 bits per heavy atom. The molecule has 4 rings (SSSR count). The van der Waals surface area contributed by atoms with Gasteiger partial charge in [-0.05, 0) is 40.2 Å². The Balaban J connectivity index is 1.71. The average molecular weight is 371 g/mol. The third-order valence-electron chi connectivity index (χ3n) is 3.59. The van der Waals surface area contributed by atoms with Gasteiger partial charge in [0.1, 0.15) is 5.75 Å². The van der Waals surface area contributed by atoms with Crippen LogP contribution >= 0.6 is 15.9 Å². The van der Waals surface area contributed by atoms with E-state index in [1.807, 2.05) is 24.3 Å². The molecule has 0 N–H and O–H groups in total. The monoisotopic (exact) mass is 370 g/mol. The molecule has 0 radical (unpaired) electrons. The molecule has 1 amide bonds. The van der Waals surface area contributed by atoms with Crippen LogP contribution in [0.25, 0.3) is 5.65 Å². The summed E-state index contributed by atoms with van der Waals surface area (Å²) in [4.78, 5) is 21.0. The minimum absolute atomic E-state index is 0.293. The normalized spacial score (nSPS) is 15.4. The molecule has 0 spiro atoms. The molecule has 114 valence electrons. The Kier molecular flexibility index (Phi) is 3.42. The first-order chi connectivity index (χ1) is 11.2. The highest BCUT2D eigenvalue weighted by Crippen LogP contribution is 2.24. The third kappa shape index (κ3) is 2.63. The van der Waals surface area contributed by atoms with E-state index < -0.39 is 0 Å². The number of rotatable bonds is 1. The number of benzene rings is 1. The van der Waals surface area contributed by atoms with Gasteiger partial charge < -0.3 is 4.74 Å². The predicted octanol–water partition coefficient (Wildman–Crippen LogP) is 2.90. The van der Waals surface area contributed by atoms with Gasteiger partial charge in [-0.3, -0.25) is 4.79 Å². The summed E-state index contributed by atoms with van der Waals surface area (Å²) >= 11 is 3.21. The van der Waals surface area contributed by atoms with Gasteiger partial charge in [0.2, 0.25) is 4.73 Å². The van der Waals surface area contributed by atoms with Crippen molar-refractivity contribution in [1.82, 2.24) is 14.6 Å². The molecule has 0 saturated heterocycles. The van der Waals surface area contributed by atoms with E-state index >= 15 is 0 Å². The van der Waals surface area contributed by atoms with Crippen molar-refractivity contribution in [2.75, 3.05) is 6.61 Å². The molecule has 23 heavy (non-hydrogen) atoms. The van der Waals surface area contributed by atoms with E-state index in [2.05, 4.69) is 31.0 Å². The Hall–Kier alpha value is -2.54. The van der Waals surface area contributed by atoms with Crippen molar-refractivity contribution < 1.29 is 9.53 Å². The maximum atomic E-state index is 12.5. The van der Waals surface area contributed by atoms with E-state index in [4.69, 9.17) is 4.74 Å². The highest BCUT2D eigenvalue weighted by Gasteiger charge is 2.18. The van der Waals surface area contributed by atoms with Crippen LogP contribution in [0, 0.1) is 0 Å². The van der Waals surface area contributed by atoms with Crippen LogP contribution < -0.4 is 4.74 Å². The quantitative estimate of drug-likeness (QED) is 0.660. The molecule has 0 fully saturated rings. The molecule has 0 saturated carbocycles. The molecule has 0 aliphatic carbocycles. The molecular weight excluding hydrogens is 360 g/mol. The molecule has 1 aliphatic heterocycles. The first kappa shape index (κ1) is 14.1. The highest BCUT2D eigenvalue weighted by atomic mass is 79.9. The number of pyridine rings is 1. The lowest BCUT2D eigenvalue weighted by molar-refractivity contribution is 0.100. The van der Waals surface area contributed by atoms with Crippen molar-refractivity contribution in [1.29, 1.82) is 0 Å². The minimum Gasteiger partial charge on any atom is -0.492 e. The second-order valence-corrected chi connectivity index (χ2v) is 5.77. The Morgan fingerprint density at radius 2 is 2.17 bits per heavy atom. The summed E-state index contributed by atoms with van der Waals surface area (Å²) in [5.74, 6) is 0.473. The van der Waals surface area contributed by atoms with Gasteiger partial charge in [-0.2, -0.15) is 0 Å². The maximum absolute atomic E-state index is 12.5. The van der Waals surface area contributed by atoms with Crippen LogP contribution in [0.15, 0.2) is 52.3 Å². The minimum atomic E-state index is -0.293. The fraction of sp³-hybridized carbons (Fsp3) is 0.125. The van der Waals surface area contributed by atoms with Crippen LogP contribution in [-0.4, -0.2) is 32.8 Å². The molecule has 0 unspecified atom stereocenters. The number of carbonyl (C=O) groups excluding carboxylic acids is 1. The number of amides is 1. The lowest BCUT2D eigenvalue weighted by Gasteiger charge is -2.18. The van der Waals surface area contributed by atoms with E-state index in [9.17, 15) is 4.79 Å². The fourth-order valence-corrected chi connectivity index (χ4v) is 2.87. The molecule has 1 aliphatic rings. The first-order valence-electron chi connectivity index (χ1n) is 7.07. The molecule has 1 aromatic carbocycles. The lowest BCUT2D eigenvalue weighted by Crippen LogP contribution is -2.17. The lowest BCUT2D eigenvalue weighted by atomic mass is 10.0. The van der Waals surface area contributed by atoms with Crippen LogP contribution in [-0.2, 0) is 0 Å². The molecule has 3 aromatic rings. The Morgan fingerprint density at radius 3 is 3.09 bits per heavy atom. The van der Waals surface area contributed by atoms with Gasteiger partial charge in [-0.25, -0.2) is 14.5 Å². The summed E-state index contributed by atoms with van der Waals surface area (Å²) in [6.45, 7) is 0.527. The van der Waals surface area contributed by atoms with Gasteiger partial charge in [-0.15, -0.1) is 5.10 Å². The van der Waals surface area contributed by atoms with E-state index in [0.717, 1.165) is 17.0 Å². The first-order valence-corrected chi connectivity index (χ1v) is 7.86. The van der Waals surface area contributed by atoms with E-state index in [-0.39, 0.29) is 5.91 Å². The van der Waals surface area contributed by atoms with Crippen molar-refractivity contribution >= 4 is 33.2 Å². The second kappa shape index (κ2) is 5.58. The van der Waals surface area contributed by atoms with Crippen LogP contribution in [0.1, 0.15) is 22.3 Å². The number of aliphatic imine (C=N–C) groups is 1. The van der Waals surface area contributed by atoms with Crippen LogP contribution in [0.2, 0.25) is 0 Å². The number of ether oxygens (including phenoxy) is 1. The number of hydrogen-bond acceptors (Lipinski definition) is 4. The van der Waals surface area contributed by atoms with Crippen molar-refractivity contribution in [3.8, 4) is 5.75 Å². The SMILES string of the molecule is O=C(N=C1CCOc2ccccc21)c1ccn2nc(Br)nc2c1. The number of halogens is 1. The van der Waals surface area contributed by atoms with E-state index in [1.54, 1.807) is 22.8 Å². The average Bonchev–Trinajstić information content (AvgIpc) is 2.94. The van der Waals surface area contributed by atoms with Gasteiger partial charge in [-0.1, -0.05) is 12.1 Å². The summed E-state index contributed by atoms with van der Waals surface area (Å²) in [5.41, 5.74) is 2.70. The Bertz CT molecular complexity index is 948. The second-order valence-electron chi connectivity index (χ2n) is 5.06. The number of carbonyl (C=O) groups is 1. The summed E-state index contributed by atoms with van der Waals surface area (Å²) < 4.78 is 7.66. The van der Waals surface area contributed by atoms with Crippen LogP contribution in [0.5, 0.6) is 5.75 Å². The van der Waals surface area contributed by atoms with Crippen LogP contribution in [0.3, 0.4) is 0 Å². The van der Waals surface area contributed by atoms with Gasteiger partial charge in [0.05, 0.1) is 12.3 Å². The van der Waals surface area contributed by atoms with Crippen LogP contribution in [0.4, 0.5) is 0 Å². The van der Waals surface area contributed by atoms with Gasteiger partial charge >= 0.3 is 0 Å². The number of nitrogens with zero attached hydrogens (tertiary/aromatic N) is 4. The van der Waals surface area contributed by atoms with Crippen molar-refractivity contribution in [2.24, 2.45) is 4.99 Å². The topological polar surface area (TPSA) is 68.8 Å². The largest absolute Gasteiger partial charge is 0.492 e. The maximum Gasteiger partial charge on any atom is 0.277 e. The highest BCUT2D eigenvalue weighted by molar-refractivity contribution is 9.10. The summed E-state index contributed by atoms with van der Waals surface area (Å²) in [6, 6.07) is 11.0. The number of hydrogen-bond donors (Lipinski definition) is 0. The molecular formula is C16H11BrN4O2.